The molecule has 1 fully saturated rings. The molecule has 0 atom stereocenters. The standard InChI is InChI=1S/C14H24O2/c1-11(2)13(15)16-14(3,4)10-12-8-6-5-7-9-12/h12H,1,5-10H2,2-4H3. The summed E-state index contributed by atoms with van der Waals surface area (Å²) in [5.41, 5.74) is 0.134. The van der Waals surface area contributed by atoms with Gasteiger partial charge in [-0.2, -0.15) is 0 Å². The van der Waals surface area contributed by atoms with Crippen molar-refractivity contribution in [3.05, 3.63) is 12.2 Å². The van der Waals surface area contributed by atoms with Crippen LogP contribution in [-0.2, 0) is 9.53 Å². The molecule has 0 radical (unpaired) electrons. The fourth-order valence-electron chi connectivity index (χ4n) is 2.47. The normalized spacial score (nSPS) is 18.2. The van der Waals surface area contributed by atoms with Crippen molar-refractivity contribution >= 4 is 5.97 Å². The molecule has 16 heavy (non-hydrogen) atoms. The molecular formula is C14H24O2. The van der Waals surface area contributed by atoms with Gasteiger partial charge in [-0.05, 0) is 33.1 Å². The maximum Gasteiger partial charge on any atom is 0.333 e. The third-order valence-corrected chi connectivity index (χ3v) is 3.22. The molecule has 0 bridgehead atoms. The van der Waals surface area contributed by atoms with E-state index in [1.807, 2.05) is 13.8 Å². The molecule has 0 aromatic rings. The predicted octanol–water partition coefficient (Wildman–Crippen LogP) is 3.85. The molecule has 2 heteroatoms. The highest BCUT2D eigenvalue weighted by Gasteiger charge is 2.28. The van der Waals surface area contributed by atoms with Gasteiger partial charge in [-0.15, -0.1) is 0 Å². The molecule has 0 unspecified atom stereocenters. The molecule has 1 aliphatic rings. The van der Waals surface area contributed by atoms with E-state index >= 15 is 0 Å². The van der Waals surface area contributed by atoms with E-state index in [1.54, 1.807) is 6.92 Å². The van der Waals surface area contributed by atoms with Crippen LogP contribution < -0.4 is 0 Å². The Bertz CT molecular complexity index is 260. The molecular weight excluding hydrogens is 200 g/mol. The van der Waals surface area contributed by atoms with Gasteiger partial charge in [0.1, 0.15) is 5.60 Å². The Morgan fingerprint density at radius 3 is 2.38 bits per heavy atom. The second-order valence-corrected chi connectivity index (χ2v) is 5.64. The molecule has 0 aromatic carbocycles. The van der Waals surface area contributed by atoms with Crippen LogP contribution in [0.3, 0.4) is 0 Å². The van der Waals surface area contributed by atoms with Crippen LogP contribution >= 0.6 is 0 Å². The first kappa shape index (κ1) is 13.3. The largest absolute Gasteiger partial charge is 0.456 e. The molecule has 0 saturated heterocycles. The lowest BCUT2D eigenvalue weighted by molar-refractivity contribution is -0.153. The maximum atomic E-state index is 11.5. The Kier molecular flexibility index (Phi) is 4.57. The van der Waals surface area contributed by atoms with Gasteiger partial charge in [-0.25, -0.2) is 4.79 Å². The number of ether oxygens (including phenoxy) is 1. The summed E-state index contributed by atoms with van der Waals surface area (Å²) in [6, 6.07) is 0. The van der Waals surface area contributed by atoms with Gasteiger partial charge in [-0.3, -0.25) is 0 Å². The number of hydrogen-bond acceptors (Lipinski definition) is 2. The van der Waals surface area contributed by atoms with Gasteiger partial charge in [0.25, 0.3) is 0 Å². The molecule has 1 aliphatic carbocycles. The van der Waals surface area contributed by atoms with Crippen molar-refractivity contribution < 1.29 is 9.53 Å². The van der Waals surface area contributed by atoms with Gasteiger partial charge in [0, 0.05) is 5.57 Å². The van der Waals surface area contributed by atoms with E-state index in [0.29, 0.717) is 5.57 Å². The predicted molar refractivity (Wildman–Crippen MR) is 66.2 cm³/mol. The zero-order chi connectivity index (χ0) is 12.2. The fourth-order valence-corrected chi connectivity index (χ4v) is 2.47. The quantitative estimate of drug-likeness (QED) is 0.535. The summed E-state index contributed by atoms with van der Waals surface area (Å²) in [7, 11) is 0. The summed E-state index contributed by atoms with van der Waals surface area (Å²) in [6.07, 6.45) is 7.57. The number of rotatable bonds is 4. The highest BCUT2D eigenvalue weighted by Crippen LogP contribution is 2.32. The van der Waals surface area contributed by atoms with E-state index in [0.717, 1.165) is 12.3 Å². The number of esters is 1. The Labute approximate surface area is 99.1 Å². The zero-order valence-electron chi connectivity index (χ0n) is 10.8. The summed E-state index contributed by atoms with van der Waals surface area (Å²) in [4.78, 5) is 11.5. The summed E-state index contributed by atoms with van der Waals surface area (Å²) >= 11 is 0. The van der Waals surface area contributed by atoms with Crippen LogP contribution in [0.1, 0.15) is 59.3 Å². The van der Waals surface area contributed by atoms with Crippen LogP contribution in [0.5, 0.6) is 0 Å². The Hall–Kier alpha value is -0.790. The van der Waals surface area contributed by atoms with E-state index in [2.05, 4.69) is 6.58 Å². The Morgan fingerprint density at radius 1 is 1.31 bits per heavy atom. The highest BCUT2D eigenvalue weighted by molar-refractivity contribution is 5.87. The molecule has 1 saturated carbocycles. The monoisotopic (exact) mass is 224 g/mol. The van der Waals surface area contributed by atoms with Crippen LogP contribution in [0.4, 0.5) is 0 Å². The van der Waals surface area contributed by atoms with E-state index in [1.165, 1.54) is 32.1 Å². The highest BCUT2D eigenvalue weighted by atomic mass is 16.6. The van der Waals surface area contributed by atoms with Crippen LogP contribution in [0.2, 0.25) is 0 Å². The first-order valence-electron chi connectivity index (χ1n) is 6.29. The molecule has 1 rings (SSSR count). The number of carbonyl (C=O) groups is 1. The van der Waals surface area contributed by atoms with Crippen LogP contribution in [0, 0.1) is 5.92 Å². The molecule has 92 valence electrons. The number of hydrogen-bond donors (Lipinski definition) is 0. The zero-order valence-corrected chi connectivity index (χ0v) is 10.8. The first-order valence-corrected chi connectivity index (χ1v) is 6.29. The Balaban J connectivity index is 2.43. The summed E-state index contributed by atoms with van der Waals surface area (Å²) in [6.45, 7) is 9.31. The second kappa shape index (κ2) is 5.51. The molecule has 0 aromatic heterocycles. The molecule has 0 N–H and O–H groups in total. The fraction of sp³-hybridized carbons (Fsp3) is 0.786. The molecule has 0 amide bonds. The smallest absolute Gasteiger partial charge is 0.333 e. The minimum Gasteiger partial charge on any atom is -0.456 e. The lowest BCUT2D eigenvalue weighted by Gasteiger charge is -2.31. The first-order chi connectivity index (χ1) is 7.41. The van der Waals surface area contributed by atoms with E-state index < -0.39 is 0 Å². The lowest BCUT2D eigenvalue weighted by Crippen LogP contribution is -2.31. The third-order valence-electron chi connectivity index (χ3n) is 3.22. The van der Waals surface area contributed by atoms with Crippen LogP contribution in [0.25, 0.3) is 0 Å². The summed E-state index contributed by atoms with van der Waals surface area (Å²) in [5.74, 6) is 0.461. The van der Waals surface area contributed by atoms with Crippen molar-refractivity contribution in [3.63, 3.8) is 0 Å². The molecule has 0 heterocycles. The average Bonchev–Trinajstić information content (AvgIpc) is 2.17. The third kappa shape index (κ3) is 4.38. The van der Waals surface area contributed by atoms with Crippen molar-refractivity contribution in [2.75, 3.05) is 0 Å². The minimum atomic E-state index is -0.349. The minimum absolute atomic E-state index is 0.263. The van der Waals surface area contributed by atoms with Gasteiger partial charge in [0.15, 0.2) is 0 Å². The summed E-state index contributed by atoms with van der Waals surface area (Å²) < 4.78 is 5.46. The number of carbonyl (C=O) groups excluding carboxylic acids is 1. The topological polar surface area (TPSA) is 26.3 Å². The molecule has 0 aliphatic heterocycles. The van der Waals surface area contributed by atoms with Crippen LogP contribution in [0.15, 0.2) is 12.2 Å². The molecule has 2 nitrogen and oxygen atoms in total. The van der Waals surface area contributed by atoms with E-state index in [9.17, 15) is 4.79 Å². The van der Waals surface area contributed by atoms with Crippen molar-refractivity contribution in [1.29, 1.82) is 0 Å². The summed E-state index contributed by atoms with van der Waals surface area (Å²) in [5, 5.41) is 0. The van der Waals surface area contributed by atoms with Gasteiger partial charge in [0.05, 0.1) is 0 Å². The van der Waals surface area contributed by atoms with E-state index in [4.69, 9.17) is 4.74 Å². The van der Waals surface area contributed by atoms with Crippen LogP contribution in [-0.4, -0.2) is 11.6 Å². The van der Waals surface area contributed by atoms with Gasteiger partial charge >= 0.3 is 5.97 Å². The van der Waals surface area contributed by atoms with Gasteiger partial charge in [-0.1, -0.05) is 38.7 Å². The Morgan fingerprint density at radius 2 is 1.88 bits per heavy atom. The second-order valence-electron chi connectivity index (χ2n) is 5.64. The average molecular weight is 224 g/mol. The lowest BCUT2D eigenvalue weighted by atomic mass is 9.82. The van der Waals surface area contributed by atoms with Crippen molar-refractivity contribution in [2.45, 2.75) is 64.9 Å². The van der Waals surface area contributed by atoms with Crippen molar-refractivity contribution in [3.8, 4) is 0 Å². The molecule has 0 spiro atoms. The van der Waals surface area contributed by atoms with Gasteiger partial charge < -0.3 is 4.74 Å². The SMILES string of the molecule is C=C(C)C(=O)OC(C)(C)CC1CCCCC1. The van der Waals surface area contributed by atoms with Crippen molar-refractivity contribution in [2.24, 2.45) is 5.92 Å². The van der Waals surface area contributed by atoms with Crippen molar-refractivity contribution in [1.82, 2.24) is 0 Å². The van der Waals surface area contributed by atoms with E-state index in [-0.39, 0.29) is 11.6 Å². The maximum absolute atomic E-state index is 11.5. The van der Waals surface area contributed by atoms with Gasteiger partial charge in [0.2, 0.25) is 0 Å².